The molecule has 3 aliphatic rings. The molecule has 0 aliphatic carbocycles. The van der Waals surface area contributed by atoms with Crippen molar-refractivity contribution in [1.29, 1.82) is 0 Å². The number of hydrogen-bond donors (Lipinski definition) is 13. The number of nitrogens with one attached hydrogen (secondary N) is 5. The van der Waals surface area contributed by atoms with Crippen molar-refractivity contribution in [2.75, 3.05) is 46.9 Å². The third-order valence-corrected chi connectivity index (χ3v) is 15.9. The first kappa shape index (κ1) is 66.9. The number of phenolic OH excluding ortho intramolecular Hbond substituents is 1. The van der Waals surface area contributed by atoms with Gasteiger partial charge < -0.3 is 91.6 Å². The van der Waals surface area contributed by atoms with Gasteiger partial charge in [-0.1, -0.05) is 87.4 Å². The van der Waals surface area contributed by atoms with Crippen LogP contribution in [0, 0.1) is 5.92 Å². The van der Waals surface area contributed by atoms with Crippen molar-refractivity contribution < 1.29 is 83.9 Å². The van der Waals surface area contributed by atoms with Crippen molar-refractivity contribution in [3.63, 3.8) is 0 Å². The van der Waals surface area contributed by atoms with E-state index >= 15 is 0 Å². The minimum Gasteiger partial charge on any atom is -0.508 e. The van der Waals surface area contributed by atoms with Gasteiger partial charge in [-0.25, -0.2) is 0 Å². The average Bonchev–Trinajstić information content (AvgIpc) is 2.34. The van der Waals surface area contributed by atoms with Gasteiger partial charge in [0.15, 0.2) is 6.23 Å². The van der Waals surface area contributed by atoms with Crippen LogP contribution in [-0.2, 0) is 33.5 Å². The lowest BCUT2D eigenvalue weighted by molar-refractivity contribution is -0.149. The number of fused-ring (bicyclic) bond motifs is 2. The number of aliphatic hydroxyl groups is 7. The summed E-state index contributed by atoms with van der Waals surface area (Å²) in [6.07, 6.45) is -12.6. The quantitative estimate of drug-likeness (QED) is 0.0567. The van der Waals surface area contributed by atoms with Gasteiger partial charge in [-0.05, 0) is 98.6 Å². The van der Waals surface area contributed by atoms with E-state index < -0.39 is 152 Å². The molecule has 0 saturated carbocycles. The van der Waals surface area contributed by atoms with Crippen LogP contribution in [0.5, 0.6) is 11.5 Å². The van der Waals surface area contributed by atoms with Gasteiger partial charge in [-0.15, -0.1) is 0 Å². The van der Waals surface area contributed by atoms with Crippen LogP contribution >= 0.6 is 0 Å². The highest BCUT2D eigenvalue weighted by Crippen LogP contribution is 2.30. The number of carbonyl (C=O) groups is 7. The summed E-state index contributed by atoms with van der Waals surface area (Å²) >= 11 is 0. The molecule has 0 unspecified atom stereocenters. The Morgan fingerprint density at radius 2 is 1.20 bits per heavy atom. The predicted octanol–water partition coefficient (Wildman–Crippen LogP) is -0.341. The third-order valence-electron chi connectivity index (χ3n) is 15.9. The highest BCUT2D eigenvalue weighted by Gasteiger charge is 2.50. The zero-order valence-electron chi connectivity index (χ0n) is 49.6. The third kappa shape index (κ3) is 16.9. The lowest BCUT2D eigenvalue weighted by atomic mass is 9.96. The number of likely N-dealkylation sites (N-methyl/N-ethyl adjacent to an activating group) is 1. The average molecular weight is 1210 g/mol. The zero-order valence-corrected chi connectivity index (χ0v) is 49.6. The fourth-order valence-electron chi connectivity index (χ4n) is 10.7. The standard InChI is InChI=1S/C62H82N8O17/c1-7-8-9-27-86-44-24-20-39(21-25-44)37-12-10-36(11-13-37)38-14-16-41(17-15-38)55(79)63-45-30-47(75)60(87-28-26-68(5)6)67-59(83)51-52(76)33(2)31-70(51)62(85)49(35(4)72)65-58(82)50(54(78)53(77)40-18-22-42(73)23-19-40)66-57(81)46-29-43(74)32-69(46)61(84)48(34(3)71)64-56(45)80/h10-25,33-35,43,45-54,60,71-78H,7-9,26-32H2,1-6H3,(H,63,79)(H,64,80)(H,65,82)(H,66,81)(H,67,83)/t33-,34+,35+,43+,45+,46-,47-,48-,49-,50-,51-,52-,53-,54-,60+/m0/s1. The summed E-state index contributed by atoms with van der Waals surface area (Å²) in [7, 11) is 3.43. The molecule has 13 N–H and O–H groups in total. The Labute approximate surface area is 504 Å². The Hall–Kier alpha value is -7.59. The maximum atomic E-state index is 14.8. The highest BCUT2D eigenvalue weighted by atomic mass is 16.5. The second-order valence-electron chi connectivity index (χ2n) is 22.9. The van der Waals surface area contributed by atoms with Crippen LogP contribution in [0.15, 0.2) is 97.1 Å². The van der Waals surface area contributed by atoms with Crippen LogP contribution in [0.3, 0.4) is 0 Å². The summed E-state index contributed by atoms with van der Waals surface area (Å²) in [5.74, 6) is -8.26. The number of aliphatic hydroxyl groups excluding tert-OH is 7. The minimum atomic E-state index is -2.29. The van der Waals surface area contributed by atoms with Gasteiger partial charge in [-0.2, -0.15) is 0 Å². The highest BCUT2D eigenvalue weighted by molar-refractivity contribution is 6.00. The van der Waals surface area contributed by atoms with Crippen molar-refractivity contribution in [2.24, 2.45) is 5.92 Å². The number of amides is 7. The Kier molecular flexibility index (Phi) is 23.4. The molecule has 3 aliphatic heterocycles. The Bertz CT molecular complexity index is 2990. The lowest BCUT2D eigenvalue weighted by Crippen LogP contribution is -2.64. The van der Waals surface area contributed by atoms with Crippen molar-refractivity contribution in [1.82, 2.24) is 41.3 Å². The Balaban J connectivity index is 1.22. The SMILES string of the molecule is CCCCCOc1ccc(-c2ccc(-c3ccc(C(=O)N[C@@H]4C[C@H](O)[C@@H](OCCN(C)C)NC(=O)[C@@H]5[C@@H](O)[C@@H](C)CN5C(=O)[C@H]([C@@H](C)O)NC(=O)[C@H]([C@H](O)[C@@H](O)c5ccc(O)cc5)NC(=O)[C@@H]5C[C@@H](O)CN5C(=O)[C@H]([C@@H](C)O)NC4=O)cc3)cc2)cc1. The van der Waals surface area contributed by atoms with Crippen molar-refractivity contribution in [3.05, 3.63) is 108 Å². The summed E-state index contributed by atoms with van der Waals surface area (Å²) in [5, 5.41) is 102. The van der Waals surface area contributed by atoms with Crippen molar-refractivity contribution in [2.45, 2.75) is 145 Å². The van der Waals surface area contributed by atoms with Gasteiger partial charge in [0.25, 0.3) is 5.91 Å². The summed E-state index contributed by atoms with van der Waals surface area (Å²) in [4.78, 5) is 105. The van der Waals surface area contributed by atoms with Gasteiger partial charge in [-0.3, -0.25) is 33.6 Å². The first-order chi connectivity index (χ1) is 41.4. The molecule has 3 heterocycles. The maximum Gasteiger partial charge on any atom is 0.251 e. The molecule has 3 fully saturated rings. The number of carbonyl (C=O) groups excluding carboxylic acids is 7. The van der Waals surface area contributed by atoms with Crippen LogP contribution < -0.4 is 31.3 Å². The van der Waals surface area contributed by atoms with Gasteiger partial charge in [0.2, 0.25) is 35.4 Å². The topological polar surface area (TPSA) is 370 Å². The van der Waals surface area contributed by atoms with Crippen LogP contribution in [0.25, 0.3) is 22.3 Å². The molecule has 0 radical (unpaired) electrons. The molecular weight excluding hydrogens is 1130 g/mol. The fourth-order valence-corrected chi connectivity index (χ4v) is 10.7. The smallest absolute Gasteiger partial charge is 0.251 e. The second-order valence-corrected chi connectivity index (χ2v) is 22.9. The fraction of sp³-hybridized carbons (Fsp3) is 0.500. The van der Waals surface area contributed by atoms with Gasteiger partial charge in [0.05, 0.1) is 37.6 Å². The molecule has 7 amide bonds. The van der Waals surface area contributed by atoms with E-state index in [0.717, 1.165) is 70.9 Å². The first-order valence-corrected chi connectivity index (χ1v) is 29.3. The number of unbranched alkanes of at least 4 members (excludes halogenated alkanes) is 2. The first-order valence-electron chi connectivity index (χ1n) is 29.3. The number of hydrogen-bond acceptors (Lipinski definition) is 18. The molecule has 4 aromatic rings. The molecule has 3 saturated heterocycles. The molecule has 0 aromatic heterocycles. The van der Waals surface area contributed by atoms with E-state index in [-0.39, 0.29) is 36.6 Å². The Morgan fingerprint density at radius 3 is 1.76 bits per heavy atom. The number of rotatable bonds is 18. The molecule has 4 aromatic carbocycles. The van der Waals surface area contributed by atoms with E-state index in [9.17, 15) is 74.4 Å². The summed E-state index contributed by atoms with van der Waals surface area (Å²) in [5.41, 5.74) is 3.47. The van der Waals surface area contributed by atoms with Gasteiger partial charge >= 0.3 is 0 Å². The lowest BCUT2D eigenvalue weighted by Gasteiger charge is -2.34. The predicted molar refractivity (Wildman–Crippen MR) is 316 cm³/mol. The van der Waals surface area contributed by atoms with Crippen LogP contribution in [0.2, 0.25) is 0 Å². The number of ether oxygens (including phenoxy) is 2. The van der Waals surface area contributed by atoms with Crippen molar-refractivity contribution in [3.8, 4) is 33.8 Å². The molecule has 25 heteroatoms. The normalized spacial score (nSPS) is 26.7. The molecular formula is C62H82N8O17. The molecule has 25 nitrogen and oxygen atoms in total. The Morgan fingerprint density at radius 1 is 0.655 bits per heavy atom. The number of nitrogens with zero attached hydrogens (tertiary/aromatic N) is 3. The molecule has 472 valence electrons. The molecule has 87 heavy (non-hydrogen) atoms. The van der Waals surface area contributed by atoms with Crippen molar-refractivity contribution >= 4 is 41.4 Å². The van der Waals surface area contributed by atoms with E-state index in [1.807, 2.05) is 48.5 Å². The maximum absolute atomic E-state index is 14.8. The number of benzene rings is 4. The van der Waals surface area contributed by atoms with E-state index in [0.29, 0.717) is 6.61 Å². The van der Waals surface area contributed by atoms with Crippen LogP contribution in [-0.4, -0.2) is 223 Å². The second kappa shape index (κ2) is 30.4. The number of aromatic hydroxyl groups is 1. The van der Waals surface area contributed by atoms with E-state index in [1.54, 1.807) is 31.1 Å². The molecule has 7 rings (SSSR count). The van der Waals surface area contributed by atoms with E-state index in [4.69, 9.17) is 9.47 Å². The van der Waals surface area contributed by atoms with Gasteiger partial charge in [0.1, 0.15) is 66.1 Å². The molecule has 15 atom stereocenters. The molecule has 0 spiro atoms. The van der Waals surface area contributed by atoms with Gasteiger partial charge in [0, 0.05) is 44.0 Å². The van der Waals surface area contributed by atoms with Crippen LogP contribution in [0.1, 0.15) is 81.8 Å². The summed E-state index contributed by atoms with van der Waals surface area (Å²) in [6.45, 7) is 5.69. The zero-order chi connectivity index (χ0) is 63.4. The largest absolute Gasteiger partial charge is 0.508 e. The summed E-state index contributed by atoms with van der Waals surface area (Å²) in [6, 6.07) is 15.2. The van der Waals surface area contributed by atoms with Crippen LogP contribution in [0.4, 0.5) is 0 Å². The monoisotopic (exact) mass is 1210 g/mol. The minimum absolute atomic E-state index is 0.0451. The molecule has 0 bridgehead atoms. The van der Waals surface area contributed by atoms with E-state index in [1.165, 1.54) is 43.3 Å². The van der Waals surface area contributed by atoms with E-state index in [2.05, 4.69) is 33.5 Å². The summed E-state index contributed by atoms with van der Waals surface area (Å²) < 4.78 is 11.9. The number of phenols is 1.